The first-order valence-corrected chi connectivity index (χ1v) is 4.75. The summed E-state index contributed by atoms with van der Waals surface area (Å²) in [4.78, 5) is 11.8. The smallest absolute Gasteiger partial charge is 0.260 e. The molecule has 2 rings (SSSR count). The predicted octanol–water partition coefficient (Wildman–Crippen LogP) is 1.82. The Morgan fingerprint density at radius 1 is 1.44 bits per heavy atom. The highest BCUT2D eigenvalue weighted by Gasteiger charge is 2.13. The lowest BCUT2D eigenvalue weighted by Crippen LogP contribution is -2.13. The average Bonchev–Trinajstić information content (AvgIpc) is 2.68. The lowest BCUT2D eigenvalue weighted by atomic mass is 10.2. The minimum absolute atomic E-state index is 0.281. The van der Waals surface area contributed by atoms with Gasteiger partial charge in [0.2, 0.25) is 0 Å². The Labute approximate surface area is 92.2 Å². The average molecular weight is 217 g/mol. The molecule has 0 aliphatic heterocycles. The Balaban J connectivity index is 2.21. The number of anilines is 2. The van der Waals surface area contributed by atoms with Crippen LogP contribution in [0.15, 0.2) is 35.0 Å². The van der Waals surface area contributed by atoms with Crippen LogP contribution in [0.25, 0.3) is 0 Å². The van der Waals surface area contributed by atoms with Crippen molar-refractivity contribution in [2.45, 2.75) is 6.92 Å². The molecular weight excluding hydrogens is 206 g/mol. The fourth-order valence-corrected chi connectivity index (χ4v) is 1.32. The summed E-state index contributed by atoms with van der Waals surface area (Å²) in [7, 11) is 0. The first-order chi connectivity index (χ1) is 7.68. The van der Waals surface area contributed by atoms with Crippen LogP contribution in [0, 0.1) is 6.92 Å². The Morgan fingerprint density at radius 2 is 2.19 bits per heavy atom. The van der Waals surface area contributed by atoms with E-state index < -0.39 is 0 Å². The molecule has 16 heavy (non-hydrogen) atoms. The van der Waals surface area contributed by atoms with Gasteiger partial charge in [-0.05, 0) is 19.1 Å². The minimum atomic E-state index is -0.281. The Hall–Kier alpha value is -2.30. The summed E-state index contributed by atoms with van der Waals surface area (Å²) in [5.41, 5.74) is 7.21. The van der Waals surface area contributed by atoms with Gasteiger partial charge in [0, 0.05) is 0 Å². The third kappa shape index (κ3) is 1.88. The molecule has 0 atom stereocenters. The molecule has 82 valence electrons. The van der Waals surface area contributed by atoms with E-state index in [9.17, 15) is 4.79 Å². The van der Waals surface area contributed by atoms with Crippen molar-refractivity contribution in [1.82, 2.24) is 5.16 Å². The van der Waals surface area contributed by atoms with Gasteiger partial charge in [-0.3, -0.25) is 4.79 Å². The summed E-state index contributed by atoms with van der Waals surface area (Å²) in [6, 6.07) is 7.05. The van der Waals surface area contributed by atoms with Gasteiger partial charge in [0.1, 0.15) is 11.3 Å². The van der Waals surface area contributed by atoms with Gasteiger partial charge < -0.3 is 15.6 Å². The first-order valence-electron chi connectivity index (χ1n) is 4.75. The van der Waals surface area contributed by atoms with Crippen LogP contribution in [0.1, 0.15) is 16.1 Å². The molecular formula is C11H11N3O2. The molecule has 5 heteroatoms. The number of hydrogen-bond donors (Lipinski definition) is 2. The number of aryl methyl sites for hydroxylation is 1. The van der Waals surface area contributed by atoms with E-state index in [2.05, 4.69) is 10.5 Å². The van der Waals surface area contributed by atoms with Gasteiger partial charge in [0.25, 0.3) is 5.91 Å². The maximum atomic E-state index is 11.8. The fourth-order valence-electron chi connectivity index (χ4n) is 1.32. The van der Waals surface area contributed by atoms with Crippen LogP contribution in [0.4, 0.5) is 11.4 Å². The summed E-state index contributed by atoms with van der Waals surface area (Å²) in [6.07, 6.45) is 1.38. The number of carbonyl (C=O) groups excluding carboxylic acids is 1. The molecule has 0 aliphatic rings. The second-order valence-corrected chi connectivity index (χ2v) is 3.34. The number of hydrogen-bond acceptors (Lipinski definition) is 4. The van der Waals surface area contributed by atoms with Crippen molar-refractivity contribution in [1.29, 1.82) is 0 Å². The van der Waals surface area contributed by atoms with Gasteiger partial charge in [-0.1, -0.05) is 17.3 Å². The number of rotatable bonds is 2. The number of nitrogen functional groups attached to an aromatic ring is 1. The van der Waals surface area contributed by atoms with Crippen molar-refractivity contribution < 1.29 is 9.32 Å². The van der Waals surface area contributed by atoms with E-state index in [0.29, 0.717) is 22.7 Å². The normalized spacial score (nSPS) is 10.1. The number of aromatic nitrogens is 1. The van der Waals surface area contributed by atoms with Crippen molar-refractivity contribution in [2.75, 3.05) is 11.1 Å². The lowest BCUT2D eigenvalue weighted by molar-refractivity contribution is 0.102. The van der Waals surface area contributed by atoms with E-state index in [1.165, 1.54) is 6.20 Å². The number of nitrogens with two attached hydrogens (primary N) is 1. The van der Waals surface area contributed by atoms with Gasteiger partial charge in [-0.15, -0.1) is 0 Å². The van der Waals surface area contributed by atoms with Gasteiger partial charge in [-0.2, -0.15) is 0 Å². The summed E-state index contributed by atoms with van der Waals surface area (Å²) < 4.78 is 4.81. The predicted molar refractivity (Wildman–Crippen MR) is 60.0 cm³/mol. The topological polar surface area (TPSA) is 81.2 Å². The zero-order valence-corrected chi connectivity index (χ0v) is 8.73. The summed E-state index contributed by atoms with van der Waals surface area (Å²) in [6.45, 7) is 1.68. The zero-order chi connectivity index (χ0) is 11.5. The molecule has 0 aliphatic carbocycles. The molecule has 0 fully saturated rings. The van der Waals surface area contributed by atoms with Crippen molar-refractivity contribution in [3.05, 3.63) is 41.8 Å². The van der Waals surface area contributed by atoms with Crippen LogP contribution in [0.3, 0.4) is 0 Å². The molecule has 0 saturated heterocycles. The monoisotopic (exact) mass is 217 g/mol. The molecule has 1 heterocycles. The van der Waals surface area contributed by atoms with Crippen LogP contribution in [-0.2, 0) is 0 Å². The third-order valence-electron chi connectivity index (χ3n) is 2.20. The molecule has 3 N–H and O–H groups in total. The van der Waals surface area contributed by atoms with E-state index in [1.807, 2.05) is 0 Å². The zero-order valence-electron chi connectivity index (χ0n) is 8.73. The summed E-state index contributed by atoms with van der Waals surface area (Å²) >= 11 is 0. The second-order valence-electron chi connectivity index (χ2n) is 3.34. The second kappa shape index (κ2) is 4.06. The van der Waals surface area contributed by atoms with Crippen LogP contribution >= 0.6 is 0 Å². The number of amides is 1. The van der Waals surface area contributed by atoms with Crippen molar-refractivity contribution >= 4 is 17.3 Å². The standard InChI is InChI=1S/C11H11N3O2/c1-7-8(6-13-16-7)11(15)14-10-5-3-2-4-9(10)12/h2-6H,12H2,1H3,(H,14,15). The van der Waals surface area contributed by atoms with E-state index in [-0.39, 0.29) is 5.91 Å². The van der Waals surface area contributed by atoms with Gasteiger partial charge in [-0.25, -0.2) is 0 Å². The van der Waals surface area contributed by atoms with Gasteiger partial charge in [0.05, 0.1) is 17.6 Å². The third-order valence-corrected chi connectivity index (χ3v) is 2.20. The summed E-state index contributed by atoms with van der Waals surface area (Å²) in [5.74, 6) is 0.198. The van der Waals surface area contributed by atoms with E-state index in [1.54, 1.807) is 31.2 Å². The number of para-hydroxylation sites is 2. The number of nitrogens with one attached hydrogen (secondary N) is 1. The molecule has 1 amide bonds. The quantitative estimate of drug-likeness (QED) is 0.752. The highest BCUT2D eigenvalue weighted by molar-refractivity contribution is 6.06. The van der Waals surface area contributed by atoms with E-state index >= 15 is 0 Å². The van der Waals surface area contributed by atoms with Crippen LogP contribution < -0.4 is 11.1 Å². The maximum Gasteiger partial charge on any atom is 0.260 e. The molecule has 0 spiro atoms. The largest absolute Gasteiger partial charge is 0.397 e. The summed E-state index contributed by atoms with van der Waals surface area (Å²) in [5, 5.41) is 6.23. The molecule has 0 radical (unpaired) electrons. The Bertz CT molecular complexity index is 519. The highest BCUT2D eigenvalue weighted by Crippen LogP contribution is 2.18. The Kier molecular flexibility index (Phi) is 2.59. The molecule has 0 saturated carbocycles. The Morgan fingerprint density at radius 3 is 2.81 bits per heavy atom. The van der Waals surface area contributed by atoms with Gasteiger partial charge >= 0.3 is 0 Å². The van der Waals surface area contributed by atoms with Crippen LogP contribution in [0.2, 0.25) is 0 Å². The van der Waals surface area contributed by atoms with Crippen LogP contribution in [-0.4, -0.2) is 11.1 Å². The highest BCUT2D eigenvalue weighted by atomic mass is 16.5. The van der Waals surface area contributed by atoms with Crippen molar-refractivity contribution in [3.63, 3.8) is 0 Å². The van der Waals surface area contributed by atoms with Crippen molar-refractivity contribution in [2.24, 2.45) is 0 Å². The number of carbonyl (C=O) groups is 1. The lowest BCUT2D eigenvalue weighted by Gasteiger charge is -2.06. The fraction of sp³-hybridized carbons (Fsp3) is 0.0909. The number of benzene rings is 1. The molecule has 5 nitrogen and oxygen atoms in total. The molecule has 0 unspecified atom stereocenters. The SMILES string of the molecule is Cc1oncc1C(=O)Nc1ccccc1N. The van der Waals surface area contributed by atoms with E-state index in [4.69, 9.17) is 10.3 Å². The van der Waals surface area contributed by atoms with Crippen molar-refractivity contribution in [3.8, 4) is 0 Å². The van der Waals surface area contributed by atoms with E-state index in [0.717, 1.165) is 0 Å². The maximum absolute atomic E-state index is 11.8. The molecule has 0 bridgehead atoms. The van der Waals surface area contributed by atoms with Crippen LogP contribution in [0.5, 0.6) is 0 Å². The first kappa shape index (κ1) is 10.2. The number of nitrogens with zero attached hydrogens (tertiary/aromatic N) is 1. The van der Waals surface area contributed by atoms with Gasteiger partial charge in [0.15, 0.2) is 0 Å². The minimum Gasteiger partial charge on any atom is -0.397 e. The molecule has 2 aromatic rings. The molecule has 1 aromatic heterocycles. The molecule has 1 aromatic carbocycles.